The lowest BCUT2D eigenvalue weighted by molar-refractivity contribution is -0.393. The number of anilines is 1. The standard InChI is InChI=1S/C15H13N3O6/c19-15(11-4-2-1-3-5-11)24-9-8-16-13-7-6-12(17(20)21)10-14(13)18(22)23/h1-7,10,16H,8-9H2. The lowest BCUT2D eigenvalue weighted by Crippen LogP contribution is -2.14. The Morgan fingerprint density at radius 2 is 1.75 bits per heavy atom. The molecule has 9 heteroatoms. The molecule has 2 rings (SSSR count). The van der Waals surface area contributed by atoms with Crippen molar-refractivity contribution in [2.45, 2.75) is 0 Å². The molecule has 9 nitrogen and oxygen atoms in total. The van der Waals surface area contributed by atoms with E-state index in [1.807, 2.05) is 0 Å². The zero-order valence-corrected chi connectivity index (χ0v) is 12.4. The van der Waals surface area contributed by atoms with Crippen molar-refractivity contribution in [2.24, 2.45) is 0 Å². The number of hydrogen-bond acceptors (Lipinski definition) is 7. The van der Waals surface area contributed by atoms with Gasteiger partial charge in [0.15, 0.2) is 0 Å². The highest BCUT2D eigenvalue weighted by Gasteiger charge is 2.19. The summed E-state index contributed by atoms with van der Waals surface area (Å²) in [5.41, 5.74) is -0.276. The van der Waals surface area contributed by atoms with E-state index in [0.717, 1.165) is 12.1 Å². The van der Waals surface area contributed by atoms with Crippen LogP contribution in [0.4, 0.5) is 17.1 Å². The maximum atomic E-state index is 11.7. The molecule has 0 saturated heterocycles. The van der Waals surface area contributed by atoms with Crippen molar-refractivity contribution in [1.29, 1.82) is 0 Å². The van der Waals surface area contributed by atoms with Gasteiger partial charge in [-0.3, -0.25) is 20.2 Å². The molecule has 0 aliphatic carbocycles. The molecular formula is C15H13N3O6. The average molecular weight is 331 g/mol. The van der Waals surface area contributed by atoms with Crippen LogP contribution in [0, 0.1) is 20.2 Å². The van der Waals surface area contributed by atoms with E-state index < -0.39 is 21.5 Å². The van der Waals surface area contributed by atoms with Gasteiger partial charge in [-0.2, -0.15) is 0 Å². The van der Waals surface area contributed by atoms with Crippen LogP contribution in [-0.2, 0) is 4.74 Å². The van der Waals surface area contributed by atoms with Gasteiger partial charge in [0.2, 0.25) is 0 Å². The molecule has 0 radical (unpaired) electrons. The third-order valence-electron chi connectivity index (χ3n) is 3.05. The Balaban J connectivity index is 1.93. The molecule has 0 fully saturated rings. The minimum atomic E-state index is -0.717. The van der Waals surface area contributed by atoms with Crippen molar-refractivity contribution in [2.75, 3.05) is 18.5 Å². The number of nitrogens with zero attached hydrogens (tertiary/aromatic N) is 2. The summed E-state index contributed by atoms with van der Waals surface area (Å²) in [6.45, 7) is 0.110. The predicted molar refractivity (Wildman–Crippen MR) is 85.0 cm³/mol. The van der Waals surface area contributed by atoms with Crippen molar-refractivity contribution in [3.05, 3.63) is 74.3 Å². The van der Waals surface area contributed by atoms with Crippen LogP contribution < -0.4 is 5.32 Å². The van der Waals surface area contributed by atoms with Crippen molar-refractivity contribution in [3.63, 3.8) is 0 Å². The van der Waals surface area contributed by atoms with Gasteiger partial charge in [-0.1, -0.05) is 18.2 Å². The Morgan fingerprint density at radius 1 is 1.04 bits per heavy atom. The molecule has 24 heavy (non-hydrogen) atoms. The molecule has 0 bridgehead atoms. The van der Waals surface area contributed by atoms with Crippen molar-refractivity contribution >= 4 is 23.0 Å². The second-order valence-electron chi connectivity index (χ2n) is 4.64. The quantitative estimate of drug-likeness (QED) is 0.358. The van der Waals surface area contributed by atoms with Gasteiger partial charge < -0.3 is 10.1 Å². The molecule has 0 spiro atoms. The van der Waals surface area contributed by atoms with Crippen LogP contribution in [0.1, 0.15) is 10.4 Å². The van der Waals surface area contributed by atoms with E-state index in [1.165, 1.54) is 6.07 Å². The first-order valence-electron chi connectivity index (χ1n) is 6.88. The van der Waals surface area contributed by atoms with Crippen LogP contribution >= 0.6 is 0 Å². The normalized spacial score (nSPS) is 10.0. The maximum absolute atomic E-state index is 11.7. The Hall–Kier alpha value is -3.49. The first-order valence-corrected chi connectivity index (χ1v) is 6.88. The second-order valence-corrected chi connectivity index (χ2v) is 4.64. The first-order chi connectivity index (χ1) is 11.5. The summed E-state index contributed by atoms with van der Waals surface area (Å²) in [5.74, 6) is -0.504. The maximum Gasteiger partial charge on any atom is 0.338 e. The number of nitrogens with one attached hydrogen (secondary N) is 1. The number of hydrogen-bond donors (Lipinski definition) is 1. The summed E-state index contributed by atoms with van der Waals surface area (Å²) in [4.78, 5) is 31.9. The predicted octanol–water partition coefficient (Wildman–Crippen LogP) is 2.77. The number of carbonyl (C=O) groups is 1. The lowest BCUT2D eigenvalue weighted by Gasteiger charge is -2.08. The Kier molecular flexibility index (Phi) is 5.40. The van der Waals surface area contributed by atoms with Crippen LogP contribution in [0.25, 0.3) is 0 Å². The molecular weight excluding hydrogens is 318 g/mol. The molecule has 0 amide bonds. The number of rotatable bonds is 7. The topological polar surface area (TPSA) is 125 Å². The fraction of sp³-hybridized carbons (Fsp3) is 0.133. The number of benzene rings is 2. The summed E-state index contributed by atoms with van der Waals surface area (Å²) < 4.78 is 5.03. The summed E-state index contributed by atoms with van der Waals surface area (Å²) >= 11 is 0. The molecule has 0 heterocycles. The van der Waals surface area contributed by atoms with Crippen molar-refractivity contribution in [3.8, 4) is 0 Å². The van der Waals surface area contributed by atoms with Crippen LogP contribution in [0.2, 0.25) is 0 Å². The van der Waals surface area contributed by atoms with Crippen molar-refractivity contribution < 1.29 is 19.4 Å². The number of nitro benzene ring substituents is 2. The van der Waals surface area contributed by atoms with Gasteiger partial charge in [0.25, 0.3) is 11.4 Å². The fourth-order valence-electron chi connectivity index (χ4n) is 1.92. The number of nitro groups is 2. The molecule has 0 saturated carbocycles. The van der Waals surface area contributed by atoms with Gasteiger partial charge in [-0.25, -0.2) is 4.79 Å². The molecule has 1 N–H and O–H groups in total. The third kappa shape index (κ3) is 4.26. The average Bonchev–Trinajstić information content (AvgIpc) is 2.59. The van der Waals surface area contributed by atoms with Gasteiger partial charge in [0.05, 0.1) is 21.5 Å². The van der Waals surface area contributed by atoms with E-state index in [2.05, 4.69) is 5.32 Å². The smallest absolute Gasteiger partial charge is 0.338 e. The molecule has 0 aliphatic rings. The van der Waals surface area contributed by atoms with Crippen LogP contribution in [0.5, 0.6) is 0 Å². The molecule has 0 aromatic heterocycles. The highest BCUT2D eigenvalue weighted by Crippen LogP contribution is 2.28. The lowest BCUT2D eigenvalue weighted by atomic mass is 10.2. The van der Waals surface area contributed by atoms with Crippen LogP contribution in [0.3, 0.4) is 0 Å². The Labute approximate surface area is 136 Å². The van der Waals surface area contributed by atoms with Crippen LogP contribution in [0.15, 0.2) is 48.5 Å². The highest BCUT2D eigenvalue weighted by molar-refractivity contribution is 5.89. The second kappa shape index (κ2) is 7.68. The van der Waals surface area contributed by atoms with E-state index in [-0.39, 0.29) is 24.5 Å². The SMILES string of the molecule is O=C(OCCNc1ccc([N+](=O)[O-])cc1[N+](=O)[O-])c1ccccc1. The van der Waals surface area contributed by atoms with Gasteiger partial charge in [-0.15, -0.1) is 0 Å². The minimum Gasteiger partial charge on any atom is -0.460 e. The largest absolute Gasteiger partial charge is 0.460 e. The van der Waals surface area contributed by atoms with Gasteiger partial charge in [0.1, 0.15) is 12.3 Å². The first kappa shape index (κ1) is 16.9. The van der Waals surface area contributed by atoms with Gasteiger partial charge in [-0.05, 0) is 18.2 Å². The highest BCUT2D eigenvalue weighted by atomic mass is 16.6. The summed E-state index contributed by atoms with van der Waals surface area (Å²) in [5, 5.41) is 24.4. The van der Waals surface area contributed by atoms with Crippen LogP contribution in [-0.4, -0.2) is 29.0 Å². The molecule has 124 valence electrons. The Morgan fingerprint density at radius 3 is 2.38 bits per heavy atom. The molecule has 0 aliphatic heterocycles. The van der Waals surface area contributed by atoms with E-state index >= 15 is 0 Å². The molecule has 2 aromatic carbocycles. The van der Waals surface area contributed by atoms with E-state index in [1.54, 1.807) is 30.3 Å². The summed E-state index contributed by atoms with van der Waals surface area (Å²) in [7, 11) is 0. The number of non-ortho nitro benzene ring substituents is 1. The number of carbonyl (C=O) groups excluding carboxylic acids is 1. The molecule has 0 atom stereocenters. The van der Waals surface area contributed by atoms with E-state index in [4.69, 9.17) is 4.74 Å². The third-order valence-corrected chi connectivity index (χ3v) is 3.05. The van der Waals surface area contributed by atoms with Gasteiger partial charge >= 0.3 is 5.97 Å². The Bertz CT molecular complexity index is 763. The molecule has 0 unspecified atom stereocenters. The number of esters is 1. The summed E-state index contributed by atoms with van der Waals surface area (Å²) in [6, 6.07) is 11.7. The minimum absolute atomic E-state index is 0.0120. The van der Waals surface area contributed by atoms with Crippen molar-refractivity contribution in [1.82, 2.24) is 0 Å². The zero-order valence-electron chi connectivity index (χ0n) is 12.4. The van der Waals surface area contributed by atoms with E-state index in [0.29, 0.717) is 5.56 Å². The van der Waals surface area contributed by atoms with Gasteiger partial charge in [0, 0.05) is 12.6 Å². The molecule has 2 aromatic rings. The van der Waals surface area contributed by atoms with E-state index in [9.17, 15) is 25.0 Å². The fourth-order valence-corrected chi connectivity index (χ4v) is 1.92. The monoisotopic (exact) mass is 331 g/mol. The zero-order chi connectivity index (χ0) is 17.5. The number of ether oxygens (including phenoxy) is 1. The summed E-state index contributed by atoms with van der Waals surface area (Å²) in [6.07, 6.45) is 0.